The van der Waals surface area contributed by atoms with E-state index >= 15 is 0 Å². The second-order valence-electron chi connectivity index (χ2n) is 4.75. The number of carbonyl (C=O) groups excluding carboxylic acids is 1. The van der Waals surface area contributed by atoms with Crippen LogP contribution in [0.2, 0.25) is 0 Å². The molecule has 0 atom stereocenters. The smallest absolute Gasteiger partial charge is 0.262 e. The number of benzene rings is 1. The lowest BCUT2D eigenvalue weighted by molar-refractivity contribution is 0.0949. The quantitative estimate of drug-likeness (QED) is 0.732. The highest BCUT2D eigenvalue weighted by molar-refractivity contribution is 9.10. The van der Waals surface area contributed by atoms with Crippen molar-refractivity contribution in [1.29, 1.82) is 0 Å². The molecule has 0 radical (unpaired) electrons. The molecular weight excluding hydrogens is 367 g/mol. The maximum atomic E-state index is 12.8. The summed E-state index contributed by atoms with van der Waals surface area (Å²) in [6.45, 7) is 0.181. The van der Waals surface area contributed by atoms with Crippen LogP contribution < -0.4 is 10.9 Å². The summed E-state index contributed by atoms with van der Waals surface area (Å²) < 4.78 is 13.3. The average Bonchev–Trinajstić information content (AvgIpc) is 2.54. The first kappa shape index (κ1) is 15.3. The molecule has 2 N–H and O–H groups in total. The number of hydrogen-bond acceptors (Lipinski definition) is 4. The SMILES string of the molecule is O=C(NCc1ccc(F)cc1)c1cc2nc(Br)cnc2[nH]c1=O. The number of fused-ring (bicyclic) bond motifs is 1. The number of carbonyl (C=O) groups is 1. The van der Waals surface area contributed by atoms with E-state index in [0.29, 0.717) is 15.8 Å². The molecule has 0 aliphatic heterocycles. The van der Waals surface area contributed by atoms with Crippen LogP contribution in [0.25, 0.3) is 11.2 Å². The highest BCUT2D eigenvalue weighted by Gasteiger charge is 2.13. The van der Waals surface area contributed by atoms with E-state index in [2.05, 4.69) is 36.2 Å². The summed E-state index contributed by atoms with van der Waals surface area (Å²) in [6, 6.07) is 7.10. The number of hydrogen-bond donors (Lipinski definition) is 2. The molecule has 3 aromatic rings. The molecule has 2 aromatic heterocycles. The topological polar surface area (TPSA) is 87.7 Å². The van der Waals surface area contributed by atoms with Gasteiger partial charge in [-0.2, -0.15) is 0 Å². The number of nitrogens with zero attached hydrogens (tertiary/aromatic N) is 2. The van der Waals surface area contributed by atoms with Crippen molar-refractivity contribution in [2.24, 2.45) is 0 Å². The van der Waals surface area contributed by atoms with Gasteiger partial charge < -0.3 is 10.3 Å². The lowest BCUT2D eigenvalue weighted by atomic mass is 10.2. The van der Waals surface area contributed by atoms with Crippen LogP contribution in [0.5, 0.6) is 0 Å². The lowest BCUT2D eigenvalue weighted by Crippen LogP contribution is -2.29. The van der Waals surface area contributed by atoms with Crippen molar-refractivity contribution in [1.82, 2.24) is 20.3 Å². The normalized spacial score (nSPS) is 10.7. The van der Waals surface area contributed by atoms with Crippen molar-refractivity contribution in [2.45, 2.75) is 6.54 Å². The van der Waals surface area contributed by atoms with Crippen LogP contribution in [0.15, 0.2) is 45.9 Å². The first-order chi connectivity index (χ1) is 11.0. The third-order valence-electron chi connectivity index (χ3n) is 3.14. The third kappa shape index (κ3) is 3.42. The van der Waals surface area contributed by atoms with E-state index in [1.165, 1.54) is 24.4 Å². The van der Waals surface area contributed by atoms with E-state index < -0.39 is 11.5 Å². The lowest BCUT2D eigenvalue weighted by Gasteiger charge is -2.06. The molecule has 0 spiro atoms. The molecule has 0 saturated heterocycles. The molecule has 6 nitrogen and oxygen atoms in total. The van der Waals surface area contributed by atoms with E-state index in [0.717, 1.165) is 5.56 Å². The minimum absolute atomic E-state index is 0.0630. The second-order valence-corrected chi connectivity index (χ2v) is 5.56. The van der Waals surface area contributed by atoms with E-state index in [-0.39, 0.29) is 17.9 Å². The van der Waals surface area contributed by atoms with Gasteiger partial charge in [0.15, 0.2) is 5.65 Å². The number of nitrogens with one attached hydrogen (secondary N) is 2. The Kier molecular flexibility index (Phi) is 4.16. The monoisotopic (exact) mass is 376 g/mol. The Balaban J connectivity index is 1.84. The van der Waals surface area contributed by atoms with Crippen molar-refractivity contribution in [3.63, 3.8) is 0 Å². The molecule has 0 bridgehead atoms. The van der Waals surface area contributed by atoms with Gasteiger partial charge in [0.1, 0.15) is 21.5 Å². The van der Waals surface area contributed by atoms with Crippen molar-refractivity contribution in [3.05, 3.63) is 68.4 Å². The Labute approximate surface area is 137 Å². The van der Waals surface area contributed by atoms with E-state index in [9.17, 15) is 14.0 Å². The van der Waals surface area contributed by atoms with Crippen LogP contribution in [-0.4, -0.2) is 20.9 Å². The predicted molar refractivity (Wildman–Crippen MR) is 85.4 cm³/mol. The van der Waals surface area contributed by atoms with Crippen LogP contribution in [0.4, 0.5) is 4.39 Å². The fraction of sp³-hybridized carbons (Fsp3) is 0.0667. The summed E-state index contributed by atoms with van der Waals surface area (Å²) >= 11 is 3.18. The number of aromatic amines is 1. The van der Waals surface area contributed by atoms with Gasteiger partial charge in [0, 0.05) is 6.54 Å². The Bertz CT molecular complexity index is 940. The van der Waals surface area contributed by atoms with Crippen molar-refractivity contribution < 1.29 is 9.18 Å². The molecule has 0 aliphatic carbocycles. The minimum atomic E-state index is -0.550. The number of pyridine rings is 1. The van der Waals surface area contributed by atoms with Gasteiger partial charge in [0.2, 0.25) is 0 Å². The van der Waals surface area contributed by atoms with E-state index in [1.807, 2.05) is 0 Å². The number of aromatic nitrogens is 3. The molecular formula is C15H10BrFN4O2. The number of halogens is 2. The number of H-pyrrole nitrogens is 1. The standard InChI is InChI=1S/C15H10BrFN4O2/c16-12-7-18-13-11(20-12)5-10(15(23)21-13)14(22)19-6-8-1-3-9(17)4-2-8/h1-5,7H,6H2,(H,19,22)(H,18,21,23). The van der Waals surface area contributed by atoms with Gasteiger partial charge in [-0.05, 0) is 39.7 Å². The van der Waals surface area contributed by atoms with Gasteiger partial charge in [-0.1, -0.05) is 12.1 Å². The molecule has 1 aromatic carbocycles. The highest BCUT2D eigenvalue weighted by atomic mass is 79.9. The zero-order valence-corrected chi connectivity index (χ0v) is 13.2. The summed E-state index contributed by atoms with van der Waals surface area (Å²) in [5.74, 6) is -0.894. The fourth-order valence-corrected chi connectivity index (χ4v) is 2.30. The Hall–Kier alpha value is -2.61. The highest BCUT2D eigenvalue weighted by Crippen LogP contribution is 2.10. The maximum absolute atomic E-state index is 12.8. The number of amides is 1. The summed E-state index contributed by atoms with van der Waals surface area (Å²) in [4.78, 5) is 34.8. The van der Waals surface area contributed by atoms with Gasteiger partial charge in [0.25, 0.3) is 11.5 Å². The zero-order valence-electron chi connectivity index (χ0n) is 11.6. The predicted octanol–water partition coefficient (Wildman–Crippen LogP) is 2.15. The summed E-state index contributed by atoms with van der Waals surface area (Å²) in [5.41, 5.74) is 0.802. The van der Waals surface area contributed by atoms with Gasteiger partial charge in [-0.15, -0.1) is 0 Å². The van der Waals surface area contributed by atoms with Crippen LogP contribution >= 0.6 is 15.9 Å². The zero-order chi connectivity index (χ0) is 16.4. The van der Waals surface area contributed by atoms with Crippen molar-refractivity contribution in [3.8, 4) is 0 Å². The summed E-state index contributed by atoms with van der Waals surface area (Å²) in [6.07, 6.45) is 1.45. The minimum Gasteiger partial charge on any atom is -0.348 e. The molecule has 0 saturated carbocycles. The molecule has 8 heteroatoms. The molecule has 0 fully saturated rings. The molecule has 0 unspecified atom stereocenters. The van der Waals surface area contributed by atoms with Gasteiger partial charge in [-0.25, -0.2) is 14.4 Å². The Morgan fingerprint density at radius 3 is 2.78 bits per heavy atom. The first-order valence-electron chi connectivity index (χ1n) is 6.61. The Morgan fingerprint density at radius 2 is 2.04 bits per heavy atom. The molecule has 3 rings (SSSR count). The van der Waals surface area contributed by atoms with E-state index in [4.69, 9.17) is 0 Å². The van der Waals surface area contributed by atoms with Crippen molar-refractivity contribution in [2.75, 3.05) is 0 Å². The molecule has 1 amide bonds. The van der Waals surface area contributed by atoms with Crippen LogP contribution in [0, 0.1) is 5.82 Å². The fourth-order valence-electron chi connectivity index (χ4n) is 2.00. The molecule has 0 aliphatic rings. The maximum Gasteiger partial charge on any atom is 0.262 e. The van der Waals surface area contributed by atoms with Gasteiger partial charge in [0.05, 0.1) is 6.20 Å². The number of rotatable bonds is 3. The first-order valence-corrected chi connectivity index (χ1v) is 7.40. The van der Waals surface area contributed by atoms with Gasteiger partial charge in [-0.3, -0.25) is 9.59 Å². The third-order valence-corrected chi connectivity index (χ3v) is 3.52. The Morgan fingerprint density at radius 1 is 1.30 bits per heavy atom. The van der Waals surface area contributed by atoms with Crippen LogP contribution in [0.3, 0.4) is 0 Å². The summed E-state index contributed by atoms with van der Waals surface area (Å²) in [7, 11) is 0. The van der Waals surface area contributed by atoms with Crippen LogP contribution in [-0.2, 0) is 6.54 Å². The molecule has 23 heavy (non-hydrogen) atoms. The van der Waals surface area contributed by atoms with Crippen molar-refractivity contribution >= 4 is 33.0 Å². The van der Waals surface area contributed by atoms with Crippen LogP contribution in [0.1, 0.15) is 15.9 Å². The van der Waals surface area contributed by atoms with Gasteiger partial charge >= 0.3 is 0 Å². The van der Waals surface area contributed by atoms with E-state index in [1.54, 1.807) is 12.1 Å². The second kappa shape index (κ2) is 6.25. The largest absolute Gasteiger partial charge is 0.348 e. The summed E-state index contributed by atoms with van der Waals surface area (Å²) in [5, 5.41) is 2.61. The molecule has 116 valence electrons. The molecule has 2 heterocycles. The average molecular weight is 377 g/mol.